The van der Waals surface area contributed by atoms with Gasteiger partial charge in [0.1, 0.15) is 23.7 Å². The first-order valence-corrected chi connectivity index (χ1v) is 8.63. The highest BCUT2D eigenvalue weighted by atomic mass is 19.1. The fraction of sp³-hybridized carbons (Fsp3) is 0.0476. The summed E-state index contributed by atoms with van der Waals surface area (Å²) in [5.41, 5.74) is 2.05. The summed E-state index contributed by atoms with van der Waals surface area (Å²) in [6.45, 7) is 1.33. The van der Waals surface area contributed by atoms with Crippen molar-refractivity contribution in [1.82, 2.24) is 15.1 Å². The summed E-state index contributed by atoms with van der Waals surface area (Å²) < 4.78 is 32.7. The van der Waals surface area contributed by atoms with Gasteiger partial charge in [-0.15, -0.1) is 0 Å². The molecule has 0 unspecified atom stereocenters. The Balaban J connectivity index is 1.95. The van der Waals surface area contributed by atoms with Gasteiger partial charge in [-0.25, -0.2) is 23.6 Å². The van der Waals surface area contributed by atoms with Crippen molar-refractivity contribution >= 4 is 17.5 Å². The van der Waals surface area contributed by atoms with E-state index in [0.29, 0.717) is 22.5 Å². The number of rotatable bonds is 4. The normalized spacial score (nSPS) is 10.7. The molecule has 6 nitrogen and oxygen atoms in total. The van der Waals surface area contributed by atoms with Crippen molar-refractivity contribution in [3.63, 3.8) is 0 Å². The van der Waals surface area contributed by atoms with Gasteiger partial charge in [0, 0.05) is 18.7 Å². The number of anilines is 2. The van der Waals surface area contributed by atoms with Gasteiger partial charge in [-0.3, -0.25) is 4.79 Å². The predicted octanol–water partition coefficient (Wildman–Crippen LogP) is 4.76. The van der Waals surface area contributed by atoms with Crippen molar-refractivity contribution in [2.75, 3.05) is 4.90 Å². The molecule has 0 aliphatic rings. The third-order valence-electron chi connectivity index (χ3n) is 4.21. The third kappa shape index (κ3) is 3.60. The minimum Gasteiger partial charge on any atom is -0.336 e. The van der Waals surface area contributed by atoms with Gasteiger partial charge in [-0.05, 0) is 48.5 Å². The summed E-state index contributed by atoms with van der Waals surface area (Å²) in [6, 6.07) is 12.9. The molecular formula is C21H14F2N4O2. The van der Waals surface area contributed by atoms with Crippen LogP contribution >= 0.6 is 0 Å². The molecular weight excluding hydrogens is 378 g/mol. The lowest BCUT2D eigenvalue weighted by Crippen LogP contribution is -2.23. The first-order valence-electron chi connectivity index (χ1n) is 8.63. The Morgan fingerprint density at radius 3 is 2.48 bits per heavy atom. The fourth-order valence-electron chi connectivity index (χ4n) is 2.97. The molecule has 2 aromatic heterocycles. The summed E-state index contributed by atoms with van der Waals surface area (Å²) in [5.74, 6) is -1.24. The average molecular weight is 392 g/mol. The van der Waals surface area contributed by atoms with Gasteiger partial charge in [-0.2, -0.15) is 0 Å². The molecule has 0 N–H and O–H groups in total. The molecule has 0 fully saturated rings. The molecule has 0 aliphatic heterocycles. The van der Waals surface area contributed by atoms with E-state index in [-0.39, 0.29) is 11.6 Å². The molecule has 4 aromatic rings. The Hall–Kier alpha value is -3.94. The molecule has 144 valence electrons. The first-order chi connectivity index (χ1) is 14.0. The number of hydrogen-bond acceptors (Lipinski definition) is 5. The lowest BCUT2D eigenvalue weighted by Gasteiger charge is -2.19. The third-order valence-corrected chi connectivity index (χ3v) is 4.21. The standard InChI is InChI=1S/C21H14F2N4O2/c1-13(28)27(17-4-2-3-16(23)11-17)21-19(18-9-10-24-12-25-18)20(26-29-21)14-5-7-15(22)8-6-14/h2-12H,1H3. The zero-order chi connectivity index (χ0) is 20.4. The van der Waals surface area contributed by atoms with E-state index in [2.05, 4.69) is 15.1 Å². The average Bonchev–Trinajstić information content (AvgIpc) is 3.13. The van der Waals surface area contributed by atoms with Crippen LogP contribution in [0.5, 0.6) is 0 Å². The lowest BCUT2D eigenvalue weighted by atomic mass is 10.0. The number of aromatic nitrogens is 3. The molecule has 29 heavy (non-hydrogen) atoms. The van der Waals surface area contributed by atoms with Crippen molar-refractivity contribution in [1.29, 1.82) is 0 Å². The molecule has 0 saturated carbocycles. The molecule has 4 rings (SSSR count). The van der Waals surface area contributed by atoms with E-state index in [1.807, 2.05) is 0 Å². The zero-order valence-corrected chi connectivity index (χ0v) is 15.2. The van der Waals surface area contributed by atoms with Crippen LogP contribution < -0.4 is 4.90 Å². The number of nitrogens with zero attached hydrogens (tertiary/aromatic N) is 4. The van der Waals surface area contributed by atoms with E-state index in [9.17, 15) is 13.6 Å². The minimum atomic E-state index is -0.504. The van der Waals surface area contributed by atoms with Crippen LogP contribution in [0, 0.1) is 11.6 Å². The Bertz CT molecular complexity index is 1160. The van der Waals surface area contributed by atoms with Crippen molar-refractivity contribution in [2.45, 2.75) is 6.92 Å². The molecule has 2 aromatic carbocycles. The molecule has 0 bridgehead atoms. The SMILES string of the molecule is CC(=O)N(c1cccc(F)c1)c1onc(-c2ccc(F)cc2)c1-c1ccncn1. The molecule has 1 amide bonds. The molecule has 2 heterocycles. The predicted molar refractivity (Wildman–Crippen MR) is 102 cm³/mol. The topological polar surface area (TPSA) is 72.1 Å². The molecule has 8 heteroatoms. The molecule has 0 atom stereocenters. The van der Waals surface area contributed by atoms with Crippen molar-refractivity contribution in [2.24, 2.45) is 0 Å². The summed E-state index contributed by atoms with van der Waals surface area (Å²) >= 11 is 0. The number of halogens is 2. The maximum absolute atomic E-state index is 13.8. The summed E-state index contributed by atoms with van der Waals surface area (Å²) in [6.07, 6.45) is 2.88. The Morgan fingerprint density at radius 2 is 1.83 bits per heavy atom. The first kappa shape index (κ1) is 18.4. The van der Waals surface area contributed by atoms with Crippen molar-refractivity contribution in [3.8, 4) is 22.5 Å². The Kier molecular flexibility index (Phi) is 4.82. The van der Waals surface area contributed by atoms with Gasteiger partial charge >= 0.3 is 0 Å². The highest BCUT2D eigenvalue weighted by molar-refractivity contribution is 6.02. The maximum atomic E-state index is 13.8. The summed E-state index contributed by atoms with van der Waals surface area (Å²) in [7, 11) is 0. The second kappa shape index (κ2) is 7.59. The van der Waals surface area contributed by atoms with Crippen LogP contribution in [0.3, 0.4) is 0 Å². The van der Waals surface area contributed by atoms with Crippen LogP contribution in [0.25, 0.3) is 22.5 Å². The smallest absolute Gasteiger partial charge is 0.248 e. The van der Waals surface area contributed by atoms with Crippen molar-refractivity contribution < 1.29 is 18.1 Å². The van der Waals surface area contributed by atoms with E-state index in [4.69, 9.17) is 4.52 Å². The van der Waals surface area contributed by atoms with Crippen LogP contribution in [0.1, 0.15) is 6.92 Å². The second-order valence-corrected chi connectivity index (χ2v) is 6.15. The van der Waals surface area contributed by atoms with Gasteiger partial charge < -0.3 is 4.52 Å². The fourth-order valence-corrected chi connectivity index (χ4v) is 2.97. The van der Waals surface area contributed by atoms with Gasteiger partial charge in [-0.1, -0.05) is 11.2 Å². The zero-order valence-electron chi connectivity index (χ0n) is 15.2. The molecule has 0 spiro atoms. The van der Waals surface area contributed by atoms with Crippen molar-refractivity contribution in [3.05, 3.63) is 78.8 Å². The number of carbonyl (C=O) groups is 1. The molecule has 0 radical (unpaired) electrons. The molecule has 0 saturated heterocycles. The van der Waals surface area contributed by atoms with Crippen LogP contribution in [0.15, 0.2) is 71.6 Å². The molecule has 0 aliphatic carbocycles. The largest absolute Gasteiger partial charge is 0.336 e. The van der Waals surface area contributed by atoms with Crippen LogP contribution in [0.4, 0.5) is 20.4 Å². The van der Waals surface area contributed by atoms with Gasteiger partial charge in [0.05, 0.1) is 16.9 Å². The monoisotopic (exact) mass is 392 g/mol. The number of carbonyl (C=O) groups excluding carboxylic acids is 1. The van der Waals surface area contributed by atoms with Gasteiger partial charge in [0.25, 0.3) is 0 Å². The highest BCUT2D eigenvalue weighted by Crippen LogP contribution is 2.41. The van der Waals surface area contributed by atoms with Gasteiger partial charge in [0.15, 0.2) is 0 Å². The summed E-state index contributed by atoms with van der Waals surface area (Å²) in [5, 5.41) is 4.10. The Morgan fingerprint density at radius 1 is 1.03 bits per heavy atom. The highest BCUT2D eigenvalue weighted by Gasteiger charge is 2.28. The van der Waals surface area contributed by atoms with Crippen LogP contribution in [-0.2, 0) is 4.79 Å². The van der Waals surface area contributed by atoms with E-state index in [1.54, 1.807) is 24.3 Å². The summed E-state index contributed by atoms with van der Waals surface area (Å²) in [4.78, 5) is 21.8. The Labute approximate surface area is 164 Å². The number of benzene rings is 2. The van der Waals surface area contributed by atoms with E-state index in [0.717, 1.165) is 0 Å². The number of amides is 1. The van der Waals surface area contributed by atoms with E-state index in [1.165, 1.54) is 54.7 Å². The second-order valence-electron chi connectivity index (χ2n) is 6.15. The quantitative estimate of drug-likeness (QED) is 0.501. The van der Waals surface area contributed by atoms with E-state index >= 15 is 0 Å². The maximum Gasteiger partial charge on any atom is 0.248 e. The number of hydrogen-bond donors (Lipinski definition) is 0. The van der Waals surface area contributed by atoms with Crippen LogP contribution in [-0.4, -0.2) is 21.0 Å². The van der Waals surface area contributed by atoms with Crippen LogP contribution in [0.2, 0.25) is 0 Å². The van der Waals surface area contributed by atoms with Gasteiger partial charge in [0.2, 0.25) is 11.8 Å². The lowest BCUT2D eigenvalue weighted by molar-refractivity contribution is -0.116. The minimum absolute atomic E-state index is 0.0705. The van der Waals surface area contributed by atoms with E-state index < -0.39 is 17.5 Å².